The number of nitrogens with two attached hydrogens (primary N) is 1. The highest BCUT2D eigenvalue weighted by Crippen LogP contribution is 2.33. The minimum atomic E-state index is 0.158. The van der Waals surface area contributed by atoms with Crippen molar-refractivity contribution in [3.8, 4) is 0 Å². The summed E-state index contributed by atoms with van der Waals surface area (Å²) in [6, 6.07) is 2.22. The highest BCUT2D eigenvalue weighted by Gasteiger charge is 2.21. The fraction of sp³-hybridized carbons (Fsp3) is 0.545. The van der Waals surface area contributed by atoms with Crippen LogP contribution in [0.25, 0.3) is 0 Å². The molecular weight excluding hydrogens is 240 g/mol. The van der Waals surface area contributed by atoms with Crippen molar-refractivity contribution in [3.05, 3.63) is 28.5 Å². The molecule has 1 fully saturated rings. The number of rotatable bonds is 3. The zero-order valence-electron chi connectivity index (χ0n) is 8.12. The molecule has 2 rings (SSSR count). The molecule has 1 aliphatic carbocycles. The Morgan fingerprint density at radius 1 is 1.50 bits per heavy atom. The average molecular weight is 255 g/mol. The van der Waals surface area contributed by atoms with E-state index in [9.17, 15) is 0 Å². The summed E-state index contributed by atoms with van der Waals surface area (Å²) in [5.74, 6) is 0.851. The predicted octanol–water partition coefficient (Wildman–Crippen LogP) is 3.03. The van der Waals surface area contributed by atoms with Gasteiger partial charge in [-0.05, 0) is 39.9 Å². The summed E-state index contributed by atoms with van der Waals surface area (Å²) in [4.78, 5) is 4.13. The van der Waals surface area contributed by atoms with Crippen LogP contribution in [0.1, 0.15) is 37.3 Å². The highest BCUT2D eigenvalue weighted by atomic mass is 79.9. The van der Waals surface area contributed by atoms with E-state index in [4.69, 9.17) is 5.73 Å². The standard InChI is InChI=1S/C11H15BrN2/c12-10-5-9(6-14-7-10)11(13)4-8-2-1-3-8/h5-8,11H,1-4,13H2. The smallest absolute Gasteiger partial charge is 0.0410 e. The molecule has 14 heavy (non-hydrogen) atoms. The molecule has 3 heteroatoms. The minimum Gasteiger partial charge on any atom is -0.324 e. The quantitative estimate of drug-likeness (QED) is 0.901. The molecule has 1 atom stereocenters. The van der Waals surface area contributed by atoms with E-state index in [1.165, 1.54) is 19.3 Å². The number of halogens is 1. The van der Waals surface area contributed by atoms with E-state index >= 15 is 0 Å². The van der Waals surface area contributed by atoms with Crippen LogP contribution in [-0.4, -0.2) is 4.98 Å². The molecule has 0 bridgehead atoms. The topological polar surface area (TPSA) is 38.9 Å². The van der Waals surface area contributed by atoms with Gasteiger partial charge >= 0.3 is 0 Å². The van der Waals surface area contributed by atoms with Crippen LogP contribution in [0, 0.1) is 5.92 Å². The molecule has 1 unspecified atom stereocenters. The van der Waals surface area contributed by atoms with Crippen molar-refractivity contribution in [2.24, 2.45) is 11.7 Å². The van der Waals surface area contributed by atoms with E-state index in [1.807, 2.05) is 6.20 Å². The number of pyridine rings is 1. The fourth-order valence-corrected chi connectivity index (χ4v) is 2.24. The van der Waals surface area contributed by atoms with E-state index < -0.39 is 0 Å². The van der Waals surface area contributed by atoms with E-state index in [1.54, 1.807) is 6.20 Å². The predicted molar refractivity (Wildman–Crippen MR) is 60.8 cm³/mol. The zero-order chi connectivity index (χ0) is 9.97. The largest absolute Gasteiger partial charge is 0.324 e. The second kappa shape index (κ2) is 4.41. The molecule has 0 saturated heterocycles. The Labute approximate surface area is 93.0 Å². The van der Waals surface area contributed by atoms with Crippen molar-refractivity contribution in [2.75, 3.05) is 0 Å². The molecular formula is C11H15BrN2. The summed E-state index contributed by atoms with van der Waals surface area (Å²) in [5, 5.41) is 0. The number of aromatic nitrogens is 1. The van der Waals surface area contributed by atoms with Gasteiger partial charge in [-0.25, -0.2) is 0 Å². The first kappa shape index (κ1) is 10.1. The highest BCUT2D eigenvalue weighted by molar-refractivity contribution is 9.10. The molecule has 2 N–H and O–H groups in total. The molecule has 1 heterocycles. The van der Waals surface area contributed by atoms with Crippen LogP contribution < -0.4 is 5.73 Å². The second-order valence-electron chi connectivity index (χ2n) is 4.08. The third kappa shape index (κ3) is 2.34. The Balaban J connectivity index is 1.98. The summed E-state index contributed by atoms with van der Waals surface area (Å²) in [5.41, 5.74) is 7.26. The third-order valence-corrected chi connectivity index (χ3v) is 3.40. The van der Waals surface area contributed by atoms with Gasteiger partial charge in [0.2, 0.25) is 0 Å². The molecule has 0 aromatic carbocycles. The second-order valence-corrected chi connectivity index (χ2v) is 4.99. The lowest BCUT2D eigenvalue weighted by Crippen LogP contribution is -2.20. The maximum atomic E-state index is 6.11. The Morgan fingerprint density at radius 3 is 2.86 bits per heavy atom. The molecule has 0 spiro atoms. The van der Waals surface area contributed by atoms with Gasteiger partial charge in [-0.2, -0.15) is 0 Å². The van der Waals surface area contributed by atoms with Crippen LogP contribution in [0.15, 0.2) is 22.9 Å². The average Bonchev–Trinajstić information content (AvgIpc) is 2.11. The maximum absolute atomic E-state index is 6.11. The van der Waals surface area contributed by atoms with Crippen molar-refractivity contribution >= 4 is 15.9 Å². The lowest BCUT2D eigenvalue weighted by atomic mass is 9.80. The van der Waals surface area contributed by atoms with E-state index in [-0.39, 0.29) is 6.04 Å². The third-order valence-electron chi connectivity index (χ3n) is 2.97. The summed E-state index contributed by atoms with van der Waals surface area (Å²) < 4.78 is 1.01. The van der Waals surface area contributed by atoms with Crippen LogP contribution in [0.4, 0.5) is 0 Å². The van der Waals surface area contributed by atoms with Gasteiger partial charge in [0.25, 0.3) is 0 Å². The van der Waals surface area contributed by atoms with Gasteiger partial charge in [-0.3, -0.25) is 4.98 Å². The first-order valence-corrected chi connectivity index (χ1v) is 5.91. The van der Waals surface area contributed by atoms with Crippen LogP contribution >= 0.6 is 15.9 Å². The molecule has 0 radical (unpaired) electrons. The molecule has 0 aliphatic heterocycles. The van der Waals surface area contributed by atoms with Gasteiger partial charge in [-0.1, -0.05) is 19.3 Å². The van der Waals surface area contributed by atoms with Crippen molar-refractivity contribution in [1.82, 2.24) is 4.98 Å². The molecule has 2 nitrogen and oxygen atoms in total. The van der Waals surface area contributed by atoms with E-state index in [0.29, 0.717) is 0 Å². The molecule has 1 aromatic heterocycles. The Morgan fingerprint density at radius 2 is 2.29 bits per heavy atom. The van der Waals surface area contributed by atoms with Gasteiger partial charge in [0.05, 0.1) is 0 Å². The summed E-state index contributed by atoms with van der Waals surface area (Å²) in [6.07, 6.45) is 8.87. The molecule has 1 aliphatic rings. The Hall–Kier alpha value is -0.410. The molecule has 1 aromatic rings. The fourth-order valence-electron chi connectivity index (χ4n) is 1.85. The maximum Gasteiger partial charge on any atom is 0.0410 e. The molecule has 1 saturated carbocycles. The molecule has 76 valence electrons. The number of nitrogens with zero attached hydrogens (tertiary/aromatic N) is 1. The molecule has 0 amide bonds. The number of hydrogen-bond acceptors (Lipinski definition) is 2. The van der Waals surface area contributed by atoms with E-state index in [2.05, 4.69) is 27.0 Å². The lowest BCUT2D eigenvalue weighted by Gasteiger charge is -2.28. The van der Waals surface area contributed by atoms with Gasteiger partial charge in [-0.15, -0.1) is 0 Å². The van der Waals surface area contributed by atoms with Crippen molar-refractivity contribution in [1.29, 1.82) is 0 Å². The van der Waals surface area contributed by atoms with Crippen LogP contribution in [0.2, 0.25) is 0 Å². The van der Waals surface area contributed by atoms with E-state index in [0.717, 1.165) is 22.4 Å². The van der Waals surface area contributed by atoms with Crippen LogP contribution in [0.3, 0.4) is 0 Å². The lowest BCUT2D eigenvalue weighted by molar-refractivity contribution is 0.277. The summed E-state index contributed by atoms with van der Waals surface area (Å²) >= 11 is 3.41. The SMILES string of the molecule is NC(CC1CCC1)c1cncc(Br)c1. The van der Waals surface area contributed by atoms with Crippen molar-refractivity contribution in [3.63, 3.8) is 0 Å². The van der Waals surface area contributed by atoms with Gasteiger partial charge in [0, 0.05) is 22.9 Å². The minimum absolute atomic E-state index is 0.158. The Kier molecular flexibility index (Phi) is 3.19. The van der Waals surface area contributed by atoms with Crippen molar-refractivity contribution < 1.29 is 0 Å². The van der Waals surface area contributed by atoms with Crippen LogP contribution in [0.5, 0.6) is 0 Å². The normalized spacial score (nSPS) is 19.0. The van der Waals surface area contributed by atoms with Gasteiger partial charge in [0.15, 0.2) is 0 Å². The van der Waals surface area contributed by atoms with Crippen molar-refractivity contribution in [2.45, 2.75) is 31.7 Å². The zero-order valence-corrected chi connectivity index (χ0v) is 9.70. The Bertz CT molecular complexity index is 310. The van der Waals surface area contributed by atoms with Gasteiger partial charge < -0.3 is 5.73 Å². The number of hydrogen-bond donors (Lipinski definition) is 1. The monoisotopic (exact) mass is 254 g/mol. The van der Waals surface area contributed by atoms with Crippen LogP contribution in [-0.2, 0) is 0 Å². The first-order chi connectivity index (χ1) is 6.75. The van der Waals surface area contributed by atoms with Gasteiger partial charge in [0.1, 0.15) is 0 Å². The summed E-state index contributed by atoms with van der Waals surface area (Å²) in [6.45, 7) is 0. The first-order valence-electron chi connectivity index (χ1n) is 5.12. The summed E-state index contributed by atoms with van der Waals surface area (Å²) in [7, 11) is 0.